The molecule has 2 aliphatic carbocycles. The average Bonchev–Trinajstić information content (AvgIpc) is 2.90. The smallest absolute Gasteiger partial charge is 0.410 e. The van der Waals surface area contributed by atoms with Crippen LogP contribution >= 0.6 is 0 Å². The Kier molecular flexibility index (Phi) is 8.26. The van der Waals surface area contributed by atoms with E-state index >= 15 is 4.39 Å². The number of hydrogen-bond acceptors (Lipinski definition) is 1. The van der Waals surface area contributed by atoms with Crippen LogP contribution in [0.25, 0.3) is 11.1 Å². The summed E-state index contributed by atoms with van der Waals surface area (Å²) in [4.78, 5) is 0. The van der Waals surface area contributed by atoms with Gasteiger partial charge in [0.05, 0.1) is 11.7 Å². The van der Waals surface area contributed by atoms with E-state index < -0.39 is 26.2 Å². The Balaban J connectivity index is 1.79. The molecule has 0 aromatic heterocycles. The van der Waals surface area contributed by atoms with Crippen molar-refractivity contribution in [2.45, 2.75) is 109 Å². The van der Waals surface area contributed by atoms with Crippen molar-refractivity contribution in [3.05, 3.63) is 93.8 Å². The van der Waals surface area contributed by atoms with Crippen molar-refractivity contribution in [3.63, 3.8) is 0 Å². The highest BCUT2D eigenvalue weighted by Gasteiger charge is 2.49. The van der Waals surface area contributed by atoms with Crippen molar-refractivity contribution in [2.24, 2.45) is 5.41 Å². The van der Waals surface area contributed by atoms with Gasteiger partial charge in [0.15, 0.2) is 14.5 Å². The van der Waals surface area contributed by atoms with Gasteiger partial charge in [-0.2, -0.15) is 13.2 Å². The Labute approximate surface area is 254 Å². The number of rotatable bonds is 6. The molecule has 3 aromatic rings. The third kappa shape index (κ3) is 6.09. The Bertz CT molecular complexity index is 1460. The van der Waals surface area contributed by atoms with E-state index in [1.807, 2.05) is 13.8 Å². The van der Waals surface area contributed by atoms with Crippen LogP contribution in [0.4, 0.5) is 22.0 Å². The van der Waals surface area contributed by atoms with E-state index in [0.29, 0.717) is 16.7 Å². The lowest BCUT2D eigenvalue weighted by molar-refractivity contribution is -0.137. The van der Waals surface area contributed by atoms with Crippen molar-refractivity contribution in [1.82, 2.24) is 0 Å². The molecule has 43 heavy (non-hydrogen) atoms. The van der Waals surface area contributed by atoms with Crippen LogP contribution in [-0.4, -0.2) is 8.32 Å². The lowest BCUT2D eigenvalue weighted by Crippen LogP contribution is -2.45. The molecule has 3 aromatic carbocycles. The largest absolute Gasteiger partial charge is 0.416 e. The molecular formula is C36H43F5OSi. The van der Waals surface area contributed by atoms with Gasteiger partial charge in [0.1, 0.15) is 5.82 Å². The van der Waals surface area contributed by atoms with Gasteiger partial charge in [0, 0.05) is 5.56 Å². The number of halogens is 5. The monoisotopic (exact) mass is 614 g/mol. The maximum absolute atomic E-state index is 17.0. The molecular weight excluding hydrogens is 571 g/mol. The van der Waals surface area contributed by atoms with E-state index in [4.69, 9.17) is 4.43 Å². The Hall–Kier alpha value is -2.51. The molecule has 0 bridgehead atoms. The lowest BCUT2D eigenvalue weighted by atomic mass is 9.58. The third-order valence-electron chi connectivity index (χ3n) is 10.2. The Morgan fingerprint density at radius 1 is 0.930 bits per heavy atom. The van der Waals surface area contributed by atoms with Crippen LogP contribution in [0.5, 0.6) is 0 Å². The molecule has 0 heterocycles. The summed E-state index contributed by atoms with van der Waals surface area (Å²) >= 11 is 0. The first-order valence-corrected chi connectivity index (χ1v) is 18.3. The zero-order valence-corrected chi connectivity index (χ0v) is 27.3. The summed E-state index contributed by atoms with van der Waals surface area (Å²) in [5, 5.41) is -0.0447. The second-order valence-corrected chi connectivity index (χ2v) is 19.3. The summed E-state index contributed by atoms with van der Waals surface area (Å²) in [7, 11) is -2.27. The molecule has 0 amide bonds. The molecule has 7 heteroatoms. The molecule has 232 valence electrons. The van der Waals surface area contributed by atoms with Crippen molar-refractivity contribution < 1.29 is 26.4 Å². The Morgan fingerprint density at radius 3 is 2.02 bits per heavy atom. The summed E-state index contributed by atoms with van der Waals surface area (Å²) in [6, 6.07) is 12.6. The van der Waals surface area contributed by atoms with Gasteiger partial charge in [-0.1, -0.05) is 71.4 Å². The number of fused-ring (bicyclic) bond motifs is 1. The number of alkyl halides is 4. The van der Waals surface area contributed by atoms with E-state index in [2.05, 4.69) is 39.9 Å². The van der Waals surface area contributed by atoms with Crippen LogP contribution in [0.3, 0.4) is 0 Å². The first kappa shape index (κ1) is 31.9. The quantitative estimate of drug-likeness (QED) is 0.198. The topological polar surface area (TPSA) is 9.23 Å². The normalized spacial score (nSPS) is 19.3. The highest BCUT2D eigenvalue weighted by molar-refractivity contribution is 6.74. The fourth-order valence-electron chi connectivity index (χ4n) is 6.66. The fraction of sp³-hybridized carbons (Fsp3) is 0.500. The molecule has 5 rings (SSSR count). The van der Waals surface area contributed by atoms with E-state index in [-0.39, 0.29) is 33.9 Å². The van der Waals surface area contributed by atoms with Gasteiger partial charge < -0.3 is 4.43 Å². The van der Waals surface area contributed by atoms with Gasteiger partial charge in [-0.25, -0.2) is 8.78 Å². The molecule has 1 nitrogen and oxygen atoms in total. The van der Waals surface area contributed by atoms with Crippen LogP contribution in [0.1, 0.15) is 112 Å². The highest BCUT2D eigenvalue weighted by atomic mass is 28.4. The average molecular weight is 615 g/mol. The summed E-state index contributed by atoms with van der Waals surface area (Å²) in [6.07, 6.45) is -1.28. The molecule has 1 spiro atoms. The van der Waals surface area contributed by atoms with Crippen molar-refractivity contribution in [3.8, 4) is 11.1 Å². The first-order valence-electron chi connectivity index (χ1n) is 15.4. The second-order valence-electron chi connectivity index (χ2n) is 14.6. The first-order chi connectivity index (χ1) is 19.9. The van der Waals surface area contributed by atoms with Crippen molar-refractivity contribution in [2.75, 3.05) is 0 Å². The van der Waals surface area contributed by atoms with Gasteiger partial charge in [0.25, 0.3) is 0 Å². The molecule has 0 saturated heterocycles. The van der Waals surface area contributed by atoms with Crippen LogP contribution in [0.2, 0.25) is 18.1 Å². The summed E-state index contributed by atoms with van der Waals surface area (Å²) in [5.74, 6) is -0.438. The molecule has 1 fully saturated rings. The molecule has 0 radical (unpaired) electrons. The van der Waals surface area contributed by atoms with Crippen LogP contribution < -0.4 is 0 Å². The molecule has 1 saturated carbocycles. The SMILES string of the molecule is CC(C)c1cc2c(c(-c3ccc(F)cc3)c1[C@@H](F)c1ccc(C(F)(F)F)cc1)[C@@H](O[Si](C)(C)C(C)(C)C)CC1(CCC1)C2. The zero-order chi connectivity index (χ0) is 31.5. The summed E-state index contributed by atoms with van der Waals surface area (Å²) in [6.45, 7) is 15.1. The molecule has 0 N–H and O–H groups in total. The minimum Gasteiger partial charge on any atom is -0.410 e. The minimum absolute atomic E-state index is 0.0447. The standard InChI is InChI=1S/C36H43F5OSi/c1-22(2)28-19-25-20-35(17-8-18-35)21-29(42-43(6,7)34(3,4)5)30(25)31(23-11-15-27(37)16-12-23)32(28)33(38)24-9-13-26(14-10-24)36(39,40)41/h9-16,19,22,29,33H,8,17-18,20-21H2,1-7H3/t29-,33-/m0/s1. The van der Waals surface area contributed by atoms with Crippen LogP contribution in [0, 0.1) is 11.2 Å². The Morgan fingerprint density at radius 2 is 1.53 bits per heavy atom. The maximum atomic E-state index is 17.0. The van der Waals surface area contributed by atoms with E-state index in [0.717, 1.165) is 54.5 Å². The van der Waals surface area contributed by atoms with Gasteiger partial charge in [0.2, 0.25) is 0 Å². The van der Waals surface area contributed by atoms with Gasteiger partial charge in [-0.3, -0.25) is 0 Å². The molecule has 2 atom stereocenters. The molecule has 0 unspecified atom stereocenters. The van der Waals surface area contributed by atoms with Crippen LogP contribution in [-0.2, 0) is 17.0 Å². The number of hydrogen-bond donors (Lipinski definition) is 0. The second kappa shape index (κ2) is 11.1. The van der Waals surface area contributed by atoms with Gasteiger partial charge in [-0.15, -0.1) is 0 Å². The molecule has 2 aliphatic rings. The summed E-state index contributed by atoms with van der Waals surface area (Å²) < 4.78 is 78.4. The number of benzene rings is 3. The highest BCUT2D eigenvalue weighted by Crippen LogP contribution is 2.59. The minimum atomic E-state index is -4.51. The fourth-order valence-corrected chi connectivity index (χ4v) is 7.92. The maximum Gasteiger partial charge on any atom is 0.416 e. The predicted molar refractivity (Wildman–Crippen MR) is 166 cm³/mol. The molecule has 0 aliphatic heterocycles. The zero-order valence-electron chi connectivity index (χ0n) is 26.3. The lowest BCUT2D eigenvalue weighted by Gasteiger charge is -2.51. The van der Waals surface area contributed by atoms with E-state index in [1.54, 1.807) is 12.1 Å². The van der Waals surface area contributed by atoms with E-state index in [9.17, 15) is 17.6 Å². The predicted octanol–water partition coefficient (Wildman–Crippen LogP) is 11.9. The van der Waals surface area contributed by atoms with Crippen molar-refractivity contribution >= 4 is 8.32 Å². The van der Waals surface area contributed by atoms with Gasteiger partial charge >= 0.3 is 6.18 Å². The van der Waals surface area contributed by atoms with E-state index in [1.165, 1.54) is 30.7 Å². The van der Waals surface area contributed by atoms with Gasteiger partial charge in [-0.05, 0) is 113 Å². The van der Waals surface area contributed by atoms with Crippen molar-refractivity contribution in [1.29, 1.82) is 0 Å². The third-order valence-corrected chi connectivity index (χ3v) is 14.7. The summed E-state index contributed by atoms with van der Waals surface area (Å²) in [5.41, 5.74) is 4.27. The van der Waals surface area contributed by atoms with Crippen LogP contribution in [0.15, 0.2) is 54.6 Å².